The molecule has 0 aromatic carbocycles. The van der Waals surface area contributed by atoms with E-state index < -0.39 is 0 Å². The molecule has 0 atom stereocenters. The Balaban J connectivity index is 2.03. The largest absolute Gasteiger partial charge is 0.395 e. The van der Waals surface area contributed by atoms with Crippen LogP contribution in [0.25, 0.3) is 5.69 Å². The maximum Gasteiger partial charge on any atom is 0.0991 e. The lowest BCUT2D eigenvalue weighted by atomic mass is 10.4. The molecule has 0 radical (unpaired) electrons. The van der Waals surface area contributed by atoms with Crippen LogP contribution in [0.3, 0.4) is 0 Å². The van der Waals surface area contributed by atoms with E-state index in [-0.39, 0.29) is 6.61 Å². The topological polar surface area (TPSA) is 41.3 Å². The number of aromatic nitrogens is 2. The van der Waals surface area contributed by atoms with Crippen molar-refractivity contribution in [2.24, 2.45) is 0 Å². The summed E-state index contributed by atoms with van der Waals surface area (Å²) in [7, 11) is 2.01. The first-order chi connectivity index (χ1) is 7.79. The van der Waals surface area contributed by atoms with Crippen molar-refractivity contribution < 1.29 is 5.11 Å². The molecule has 0 bridgehead atoms. The van der Waals surface area contributed by atoms with Gasteiger partial charge in [0.1, 0.15) is 0 Å². The number of hydrogen-bond acceptors (Lipinski definition) is 4. The van der Waals surface area contributed by atoms with E-state index in [4.69, 9.17) is 5.11 Å². The average molecular weight is 237 g/mol. The summed E-state index contributed by atoms with van der Waals surface area (Å²) < 4.78 is 1.99. The minimum Gasteiger partial charge on any atom is -0.395 e. The Morgan fingerprint density at radius 1 is 1.56 bits per heavy atom. The molecule has 0 saturated carbocycles. The molecular weight excluding hydrogens is 222 g/mol. The monoisotopic (exact) mass is 237 g/mol. The SMILES string of the molecule is CN(CCO)Cc1cc(-n2ccnc2)cs1. The number of aliphatic hydroxyl groups excluding tert-OH is 1. The van der Waals surface area contributed by atoms with E-state index in [9.17, 15) is 0 Å². The molecule has 16 heavy (non-hydrogen) atoms. The summed E-state index contributed by atoms with van der Waals surface area (Å²) in [4.78, 5) is 7.41. The fraction of sp³-hybridized carbons (Fsp3) is 0.364. The third-order valence-electron chi connectivity index (χ3n) is 2.35. The molecule has 0 fully saturated rings. The van der Waals surface area contributed by atoms with Crippen LogP contribution >= 0.6 is 11.3 Å². The highest BCUT2D eigenvalue weighted by molar-refractivity contribution is 7.10. The van der Waals surface area contributed by atoms with Gasteiger partial charge in [0.15, 0.2) is 0 Å². The van der Waals surface area contributed by atoms with Crippen LogP contribution in [0.4, 0.5) is 0 Å². The fourth-order valence-electron chi connectivity index (χ4n) is 1.51. The Bertz CT molecular complexity index is 424. The third-order valence-corrected chi connectivity index (χ3v) is 3.26. The van der Waals surface area contributed by atoms with Crippen molar-refractivity contribution in [1.82, 2.24) is 14.5 Å². The first-order valence-corrected chi connectivity index (χ1v) is 6.02. The van der Waals surface area contributed by atoms with Crippen molar-refractivity contribution in [2.45, 2.75) is 6.54 Å². The summed E-state index contributed by atoms with van der Waals surface area (Å²) in [5, 5.41) is 10.9. The number of thiophene rings is 1. The highest BCUT2D eigenvalue weighted by Gasteiger charge is 2.04. The lowest BCUT2D eigenvalue weighted by molar-refractivity contribution is 0.218. The first kappa shape index (κ1) is 11.3. The van der Waals surface area contributed by atoms with Crippen LogP contribution in [0.15, 0.2) is 30.2 Å². The smallest absolute Gasteiger partial charge is 0.0991 e. The molecule has 1 N–H and O–H groups in total. The van der Waals surface area contributed by atoms with Gasteiger partial charge in [0.05, 0.1) is 18.6 Å². The van der Waals surface area contributed by atoms with Crippen LogP contribution in [0.2, 0.25) is 0 Å². The summed E-state index contributed by atoms with van der Waals surface area (Å²) in [6.07, 6.45) is 5.50. The normalized spacial score (nSPS) is 11.2. The van der Waals surface area contributed by atoms with Crippen molar-refractivity contribution in [3.05, 3.63) is 35.0 Å². The van der Waals surface area contributed by atoms with Gasteiger partial charge in [-0.05, 0) is 13.1 Å². The fourth-order valence-corrected chi connectivity index (χ4v) is 2.46. The summed E-state index contributed by atoms with van der Waals surface area (Å²) >= 11 is 1.73. The Hall–Kier alpha value is -1.17. The zero-order chi connectivity index (χ0) is 11.4. The molecule has 0 spiro atoms. The second-order valence-electron chi connectivity index (χ2n) is 3.70. The highest BCUT2D eigenvalue weighted by atomic mass is 32.1. The second-order valence-corrected chi connectivity index (χ2v) is 4.70. The maximum absolute atomic E-state index is 8.82. The van der Waals surface area contributed by atoms with Crippen molar-refractivity contribution in [1.29, 1.82) is 0 Å². The summed E-state index contributed by atoms with van der Waals surface area (Å²) in [6, 6.07) is 2.15. The Labute approximate surface area is 98.8 Å². The van der Waals surface area contributed by atoms with Crippen molar-refractivity contribution in [2.75, 3.05) is 20.2 Å². The lowest BCUT2D eigenvalue weighted by Gasteiger charge is -2.12. The standard InChI is InChI=1S/C11H15N3OS/c1-13(4-5-15)7-11-6-10(8-16-11)14-3-2-12-9-14/h2-3,6,8-9,15H,4-5,7H2,1H3. The van der Waals surface area contributed by atoms with E-state index in [0.717, 1.165) is 12.2 Å². The van der Waals surface area contributed by atoms with Crippen LogP contribution < -0.4 is 0 Å². The molecule has 2 aromatic rings. The second kappa shape index (κ2) is 5.25. The molecule has 2 heterocycles. The highest BCUT2D eigenvalue weighted by Crippen LogP contribution is 2.19. The lowest BCUT2D eigenvalue weighted by Crippen LogP contribution is -2.20. The Morgan fingerprint density at radius 3 is 3.12 bits per heavy atom. The van der Waals surface area contributed by atoms with Gasteiger partial charge < -0.3 is 9.67 Å². The van der Waals surface area contributed by atoms with E-state index >= 15 is 0 Å². The van der Waals surface area contributed by atoms with Crippen LogP contribution in [-0.2, 0) is 6.54 Å². The van der Waals surface area contributed by atoms with Crippen molar-refractivity contribution in [3.63, 3.8) is 0 Å². The summed E-state index contributed by atoms with van der Waals surface area (Å²) in [5.74, 6) is 0. The predicted molar refractivity (Wildman–Crippen MR) is 64.9 cm³/mol. The van der Waals surface area contributed by atoms with E-state index in [1.807, 2.05) is 17.8 Å². The molecule has 0 amide bonds. The maximum atomic E-state index is 8.82. The van der Waals surface area contributed by atoms with Gasteiger partial charge >= 0.3 is 0 Å². The minimum atomic E-state index is 0.205. The molecule has 0 aliphatic heterocycles. The van der Waals surface area contributed by atoms with Crippen LogP contribution in [0, 0.1) is 0 Å². The van der Waals surface area contributed by atoms with Crippen LogP contribution in [0.1, 0.15) is 4.88 Å². The first-order valence-electron chi connectivity index (χ1n) is 5.15. The van der Waals surface area contributed by atoms with Crippen LogP contribution in [-0.4, -0.2) is 39.8 Å². The minimum absolute atomic E-state index is 0.205. The van der Waals surface area contributed by atoms with E-state index in [0.29, 0.717) is 6.54 Å². The number of aliphatic hydroxyl groups is 1. The molecule has 0 unspecified atom stereocenters. The zero-order valence-corrected chi connectivity index (χ0v) is 10.0. The number of rotatable bonds is 5. The van der Waals surface area contributed by atoms with E-state index in [2.05, 4.69) is 21.3 Å². The van der Waals surface area contributed by atoms with Crippen LogP contribution in [0.5, 0.6) is 0 Å². The van der Waals surface area contributed by atoms with Gasteiger partial charge in [-0.25, -0.2) is 4.98 Å². The molecule has 2 rings (SSSR count). The Kier molecular flexibility index (Phi) is 3.71. The van der Waals surface area contributed by atoms with Gasteiger partial charge in [0.25, 0.3) is 0 Å². The predicted octanol–water partition coefficient (Wildman–Crippen LogP) is 1.36. The average Bonchev–Trinajstić information content (AvgIpc) is 2.86. The number of likely N-dealkylation sites (N-methyl/N-ethyl adjacent to an activating group) is 1. The molecule has 0 aliphatic carbocycles. The zero-order valence-electron chi connectivity index (χ0n) is 9.21. The van der Waals surface area contributed by atoms with Crippen molar-refractivity contribution >= 4 is 11.3 Å². The van der Waals surface area contributed by atoms with E-state index in [1.54, 1.807) is 23.9 Å². The Morgan fingerprint density at radius 2 is 2.44 bits per heavy atom. The van der Waals surface area contributed by atoms with E-state index in [1.165, 1.54) is 4.88 Å². The van der Waals surface area contributed by atoms with Gasteiger partial charge in [0.2, 0.25) is 0 Å². The summed E-state index contributed by atoms with van der Waals surface area (Å²) in [5.41, 5.74) is 1.15. The molecule has 5 heteroatoms. The molecule has 86 valence electrons. The molecular formula is C11H15N3OS. The molecule has 0 aliphatic rings. The van der Waals surface area contributed by atoms with Crippen molar-refractivity contribution in [3.8, 4) is 5.69 Å². The van der Waals surface area contributed by atoms with Gasteiger partial charge in [-0.2, -0.15) is 0 Å². The van der Waals surface area contributed by atoms with Gasteiger partial charge in [-0.1, -0.05) is 0 Å². The number of nitrogens with zero attached hydrogens (tertiary/aromatic N) is 3. The molecule has 4 nitrogen and oxygen atoms in total. The quantitative estimate of drug-likeness (QED) is 0.853. The number of hydrogen-bond donors (Lipinski definition) is 1. The van der Waals surface area contributed by atoms with Gasteiger partial charge in [-0.3, -0.25) is 4.90 Å². The molecule has 0 saturated heterocycles. The van der Waals surface area contributed by atoms with Gasteiger partial charge in [-0.15, -0.1) is 11.3 Å². The van der Waals surface area contributed by atoms with Gasteiger partial charge in [0, 0.05) is 35.7 Å². The summed E-state index contributed by atoms with van der Waals surface area (Å²) in [6.45, 7) is 1.79. The third kappa shape index (κ3) is 2.69. The number of imidazole rings is 1. The molecule has 2 aromatic heterocycles.